The Morgan fingerprint density at radius 1 is 0.862 bits per heavy atom. The van der Waals surface area contributed by atoms with Crippen LogP contribution >= 0.6 is 0 Å². The Labute approximate surface area is 209 Å². The van der Waals surface area contributed by atoms with E-state index in [1.807, 2.05) is 18.2 Å². The van der Waals surface area contributed by atoms with Crippen LogP contribution in [0.25, 0.3) is 0 Å². The molecule has 0 aliphatic heterocycles. The van der Waals surface area contributed by atoms with Crippen LogP contribution in [-0.4, -0.2) is 54.4 Å². The molecule has 3 nitrogen and oxygen atoms in total. The maximum absolute atomic E-state index is 11.2. The summed E-state index contributed by atoms with van der Waals surface area (Å²) in [7, 11) is 0. The van der Waals surface area contributed by atoms with Crippen LogP contribution in [0.2, 0.25) is 0 Å². The number of ether oxygens (including phenoxy) is 1. The van der Waals surface area contributed by atoms with Gasteiger partial charge in [-0.05, 0) is 44.4 Å². The van der Waals surface area contributed by atoms with Crippen molar-refractivity contribution in [3.05, 3.63) is 29.8 Å². The number of carboxylic acids is 1. The van der Waals surface area contributed by atoms with Crippen molar-refractivity contribution in [3.8, 4) is 5.75 Å². The molecule has 1 rings (SSSR count). The second-order valence-corrected chi connectivity index (χ2v) is 8.56. The molecule has 1 aromatic carbocycles. The summed E-state index contributed by atoms with van der Waals surface area (Å²) < 4.78 is 5.62. The number of aryl methyl sites for hydroxylation is 1. The molecule has 0 fully saturated rings. The summed E-state index contributed by atoms with van der Waals surface area (Å²) in [5, 5.41) is 9.18. The molecule has 0 radical (unpaired) electrons. The van der Waals surface area contributed by atoms with Crippen molar-refractivity contribution in [3.63, 3.8) is 0 Å². The number of carboxylic acid groups (broad SMARTS) is 1. The van der Waals surface area contributed by atoms with Crippen molar-refractivity contribution in [1.82, 2.24) is 0 Å². The maximum atomic E-state index is 11.2. The van der Waals surface area contributed by atoms with Crippen LogP contribution in [0.5, 0.6) is 5.75 Å². The van der Waals surface area contributed by atoms with Crippen LogP contribution in [0.1, 0.15) is 110 Å². The predicted octanol–water partition coefficient (Wildman–Crippen LogP) is 6.65. The van der Waals surface area contributed by atoms with Crippen LogP contribution in [-0.2, 0) is 11.2 Å². The third kappa shape index (κ3) is 14.4. The molecule has 164 valence electrons. The van der Waals surface area contributed by atoms with Gasteiger partial charge in [0, 0.05) is 0 Å². The van der Waals surface area contributed by atoms with Gasteiger partial charge in [0.15, 0.2) is 5.60 Å². The second kappa shape index (κ2) is 17.4. The standard InChI is InChI=1S/C25H42O3.Ca.2H/c1-4-5-6-7-8-9-10-11-12-13-14-15-16-18-22-19-17-20-23(21-22)28-25(2,3)24(26)27;;;/h17,19-21H,4-16,18H2,1-3H3,(H,26,27);;;. The van der Waals surface area contributed by atoms with Gasteiger partial charge in [0.25, 0.3) is 0 Å². The fourth-order valence-electron chi connectivity index (χ4n) is 3.45. The van der Waals surface area contributed by atoms with Crippen LogP contribution in [0.15, 0.2) is 24.3 Å². The third-order valence-corrected chi connectivity index (χ3v) is 5.36. The quantitative estimate of drug-likeness (QED) is 0.221. The fraction of sp³-hybridized carbons (Fsp3) is 0.720. The van der Waals surface area contributed by atoms with E-state index in [0.29, 0.717) is 5.75 Å². The molecule has 0 unspecified atom stereocenters. The second-order valence-electron chi connectivity index (χ2n) is 8.56. The Hall–Kier alpha value is -0.250. The summed E-state index contributed by atoms with van der Waals surface area (Å²) >= 11 is 0. The number of unbranched alkanes of at least 4 members (excludes halogenated alkanes) is 12. The summed E-state index contributed by atoms with van der Waals surface area (Å²) in [6.45, 7) is 5.43. The molecular weight excluding hydrogens is 388 g/mol. The molecule has 1 N–H and O–H groups in total. The minimum absolute atomic E-state index is 0. The number of benzene rings is 1. The summed E-state index contributed by atoms with van der Waals surface area (Å²) in [6, 6.07) is 7.86. The Bertz CT molecular complexity index is 543. The van der Waals surface area contributed by atoms with E-state index in [9.17, 15) is 9.90 Å². The summed E-state index contributed by atoms with van der Waals surface area (Å²) in [5.41, 5.74) is 0.0236. The molecule has 0 atom stereocenters. The van der Waals surface area contributed by atoms with Crippen molar-refractivity contribution in [1.29, 1.82) is 0 Å². The molecule has 0 aromatic heterocycles. The van der Waals surface area contributed by atoms with Crippen molar-refractivity contribution in [2.24, 2.45) is 0 Å². The summed E-state index contributed by atoms with van der Waals surface area (Å²) in [5.74, 6) is -0.311. The number of rotatable bonds is 17. The molecular formula is C25H44CaO3. The monoisotopic (exact) mass is 432 g/mol. The molecule has 4 heteroatoms. The predicted molar refractivity (Wildman–Crippen MR) is 127 cm³/mol. The van der Waals surface area contributed by atoms with Gasteiger partial charge in [-0.25, -0.2) is 4.79 Å². The molecule has 0 amide bonds. The number of hydrogen-bond donors (Lipinski definition) is 1. The van der Waals surface area contributed by atoms with Crippen LogP contribution in [0, 0.1) is 0 Å². The summed E-state index contributed by atoms with van der Waals surface area (Å²) in [4.78, 5) is 11.2. The van der Waals surface area contributed by atoms with Gasteiger partial charge in [-0.1, -0.05) is 96.1 Å². The van der Waals surface area contributed by atoms with Crippen molar-refractivity contribution in [2.75, 3.05) is 0 Å². The zero-order chi connectivity index (χ0) is 20.7. The average Bonchev–Trinajstić information content (AvgIpc) is 2.65. The fourth-order valence-corrected chi connectivity index (χ4v) is 3.45. The van der Waals surface area contributed by atoms with Gasteiger partial charge in [-0.15, -0.1) is 0 Å². The van der Waals surface area contributed by atoms with Gasteiger partial charge in [0.2, 0.25) is 0 Å². The SMILES string of the molecule is CCCCCCCCCCCCCCCc1cccc(OC(C)(C)C(=O)O)c1.[CaH2]. The van der Waals surface area contributed by atoms with E-state index in [1.165, 1.54) is 89.0 Å². The van der Waals surface area contributed by atoms with Crippen LogP contribution < -0.4 is 4.74 Å². The summed E-state index contributed by atoms with van der Waals surface area (Å²) in [6.07, 6.45) is 18.8. The molecule has 0 spiro atoms. The van der Waals surface area contributed by atoms with Crippen LogP contribution in [0.3, 0.4) is 0 Å². The normalized spacial score (nSPS) is 11.1. The number of aliphatic carboxylic acids is 1. The van der Waals surface area contributed by atoms with Gasteiger partial charge >= 0.3 is 43.7 Å². The zero-order valence-corrected chi connectivity index (χ0v) is 18.5. The first kappa shape index (κ1) is 28.7. The molecule has 0 saturated carbocycles. The molecule has 0 aliphatic rings. The number of carbonyl (C=O) groups is 1. The minimum atomic E-state index is -1.20. The Kier molecular flexibility index (Phi) is 17.3. The third-order valence-electron chi connectivity index (χ3n) is 5.36. The van der Waals surface area contributed by atoms with E-state index in [-0.39, 0.29) is 37.7 Å². The van der Waals surface area contributed by atoms with Crippen LogP contribution in [0.4, 0.5) is 0 Å². The first-order valence-electron chi connectivity index (χ1n) is 11.5. The van der Waals surface area contributed by atoms with E-state index in [2.05, 4.69) is 13.0 Å². The first-order valence-corrected chi connectivity index (χ1v) is 11.5. The topological polar surface area (TPSA) is 46.5 Å². The molecule has 0 heterocycles. The van der Waals surface area contributed by atoms with Gasteiger partial charge in [-0.3, -0.25) is 0 Å². The van der Waals surface area contributed by atoms with E-state index < -0.39 is 11.6 Å². The number of hydrogen-bond acceptors (Lipinski definition) is 2. The molecule has 0 aliphatic carbocycles. The Morgan fingerprint density at radius 2 is 1.34 bits per heavy atom. The van der Waals surface area contributed by atoms with Gasteiger partial charge in [0.05, 0.1) is 0 Å². The molecule has 0 saturated heterocycles. The zero-order valence-electron chi connectivity index (χ0n) is 18.5. The average molecular weight is 433 g/mol. The van der Waals surface area contributed by atoms with Crippen molar-refractivity contribution in [2.45, 2.75) is 116 Å². The molecule has 1 aromatic rings. The van der Waals surface area contributed by atoms with Gasteiger partial charge < -0.3 is 9.84 Å². The van der Waals surface area contributed by atoms with Gasteiger partial charge in [0.1, 0.15) is 5.75 Å². The van der Waals surface area contributed by atoms with E-state index in [4.69, 9.17) is 4.74 Å². The molecule has 0 bridgehead atoms. The Balaban J connectivity index is 0.00000784. The van der Waals surface area contributed by atoms with E-state index >= 15 is 0 Å². The molecule has 29 heavy (non-hydrogen) atoms. The van der Waals surface area contributed by atoms with Crippen molar-refractivity contribution < 1.29 is 14.6 Å². The first-order chi connectivity index (χ1) is 13.5. The van der Waals surface area contributed by atoms with E-state index in [1.54, 1.807) is 13.8 Å². The van der Waals surface area contributed by atoms with Gasteiger partial charge in [-0.2, -0.15) is 0 Å². The van der Waals surface area contributed by atoms with Crippen molar-refractivity contribution >= 4 is 43.7 Å². The van der Waals surface area contributed by atoms with E-state index in [0.717, 1.165) is 6.42 Å². The Morgan fingerprint density at radius 3 is 1.83 bits per heavy atom.